The highest BCUT2D eigenvalue weighted by atomic mass is 16.5. The molecule has 3 rings (SSSR count). The van der Waals surface area contributed by atoms with Crippen LogP contribution in [-0.2, 0) is 0 Å². The number of hydrogen-bond acceptors (Lipinski definition) is 5. The molecule has 2 aromatic rings. The van der Waals surface area contributed by atoms with E-state index in [4.69, 9.17) is 10.5 Å². The lowest BCUT2D eigenvalue weighted by molar-refractivity contribution is 0.413. The minimum absolute atomic E-state index is 0.600. The van der Waals surface area contributed by atoms with Crippen molar-refractivity contribution in [2.24, 2.45) is 0 Å². The molecule has 0 saturated carbocycles. The van der Waals surface area contributed by atoms with Crippen molar-refractivity contribution in [2.75, 3.05) is 48.8 Å². The molecule has 1 aromatic carbocycles. The third-order valence-electron chi connectivity index (χ3n) is 3.86. The van der Waals surface area contributed by atoms with Gasteiger partial charge in [0.05, 0.1) is 18.5 Å². The Morgan fingerprint density at radius 3 is 2.24 bits per heavy atom. The van der Waals surface area contributed by atoms with Crippen LogP contribution in [0.1, 0.15) is 0 Å². The zero-order chi connectivity index (χ0) is 14.7. The van der Waals surface area contributed by atoms with Crippen molar-refractivity contribution < 1.29 is 4.74 Å². The molecule has 0 aliphatic carbocycles. The molecule has 1 saturated heterocycles. The average molecular weight is 284 g/mol. The van der Waals surface area contributed by atoms with Crippen LogP contribution in [0.25, 0.3) is 0 Å². The Balaban J connectivity index is 1.72. The van der Waals surface area contributed by atoms with Gasteiger partial charge in [-0.25, -0.2) is 4.98 Å². The smallest absolute Gasteiger partial charge is 0.146 e. The van der Waals surface area contributed by atoms with Crippen LogP contribution >= 0.6 is 0 Å². The van der Waals surface area contributed by atoms with Crippen molar-refractivity contribution in [3.05, 3.63) is 42.6 Å². The molecule has 21 heavy (non-hydrogen) atoms. The molecule has 2 N–H and O–H groups in total. The van der Waals surface area contributed by atoms with Crippen molar-refractivity contribution in [3.8, 4) is 5.75 Å². The number of aromatic nitrogens is 1. The topological polar surface area (TPSA) is 54.6 Å². The van der Waals surface area contributed by atoms with E-state index in [9.17, 15) is 0 Å². The fourth-order valence-corrected chi connectivity index (χ4v) is 2.76. The molecular formula is C16H20N4O. The molecule has 110 valence electrons. The van der Waals surface area contributed by atoms with Crippen LogP contribution in [0.15, 0.2) is 42.6 Å². The SMILES string of the molecule is COc1ccccc1N1CCN(c2cccnc2N)CC1. The molecule has 0 atom stereocenters. The number of pyridine rings is 1. The summed E-state index contributed by atoms with van der Waals surface area (Å²) in [7, 11) is 1.71. The summed E-state index contributed by atoms with van der Waals surface area (Å²) >= 11 is 0. The summed E-state index contributed by atoms with van der Waals surface area (Å²) in [6, 6.07) is 12.1. The Morgan fingerprint density at radius 2 is 1.57 bits per heavy atom. The maximum absolute atomic E-state index is 5.96. The second-order valence-electron chi connectivity index (χ2n) is 5.05. The summed E-state index contributed by atoms with van der Waals surface area (Å²) < 4.78 is 5.44. The van der Waals surface area contributed by atoms with Crippen LogP contribution in [-0.4, -0.2) is 38.3 Å². The van der Waals surface area contributed by atoms with E-state index in [2.05, 4.69) is 20.9 Å². The number of anilines is 3. The number of nitrogens with zero attached hydrogens (tertiary/aromatic N) is 3. The van der Waals surface area contributed by atoms with Crippen molar-refractivity contribution in [1.82, 2.24) is 4.98 Å². The first-order chi connectivity index (χ1) is 10.3. The molecule has 1 aliphatic rings. The Morgan fingerprint density at radius 1 is 0.952 bits per heavy atom. The van der Waals surface area contributed by atoms with Crippen molar-refractivity contribution >= 4 is 17.2 Å². The predicted octanol–water partition coefficient (Wildman–Crippen LogP) is 2.00. The van der Waals surface area contributed by atoms with Crippen molar-refractivity contribution in [3.63, 3.8) is 0 Å². The van der Waals surface area contributed by atoms with E-state index < -0.39 is 0 Å². The highest BCUT2D eigenvalue weighted by Gasteiger charge is 2.20. The summed E-state index contributed by atoms with van der Waals surface area (Å²) in [5.74, 6) is 1.52. The first-order valence-corrected chi connectivity index (χ1v) is 7.13. The lowest BCUT2D eigenvalue weighted by Gasteiger charge is -2.38. The second kappa shape index (κ2) is 5.91. The predicted molar refractivity (Wildman–Crippen MR) is 86.1 cm³/mol. The molecule has 1 fully saturated rings. The van der Waals surface area contributed by atoms with Gasteiger partial charge in [-0.05, 0) is 24.3 Å². The van der Waals surface area contributed by atoms with Gasteiger partial charge in [0.1, 0.15) is 11.6 Å². The number of piperazine rings is 1. The fourth-order valence-electron chi connectivity index (χ4n) is 2.76. The van der Waals surface area contributed by atoms with Crippen molar-refractivity contribution in [1.29, 1.82) is 0 Å². The monoisotopic (exact) mass is 284 g/mol. The van der Waals surface area contributed by atoms with Crippen LogP contribution in [0, 0.1) is 0 Å². The number of ether oxygens (including phenoxy) is 1. The maximum atomic E-state index is 5.96. The highest BCUT2D eigenvalue weighted by molar-refractivity contribution is 5.65. The van der Waals surface area contributed by atoms with Gasteiger partial charge in [0.15, 0.2) is 0 Å². The molecule has 1 aliphatic heterocycles. The number of benzene rings is 1. The van der Waals surface area contributed by atoms with Gasteiger partial charge in [-0.1, -0.05) is 12.1 Å². The summed E-state index contributed by atoms with van der Waals surface area (Å²) in [5, 5.41) is 0. The minimum atomic E-state index is 0.600. The average Bonchev–Trinajstić information content (AvgIpc) is 2.55. The largest absolute Gasteiger partial charge is 0.495 e. The summed E-state index contributed by atoms with van der Waals surface area (Å²) in [5.41, 5.74) is 8.13. The number of hydrogen-bond donors (Lipinski definition) is 1. The maximum Gasteiger partial charge on any atom is 0.146 e. The first-order valence-electron chi connectivity index (χ1n) is 7.13. The number of methoxy groups -OCH3 is 1. The second-order valence-corrected chi connectivity index (χ2v) is 5.05. The third kappa shape index (κ3) is 2.72. The molecule has 0 amide bonds. The quantitative estimate of drug-likeness (QED) is 0.934. The van der Waals surface area contributed by atoms with Gasteiger partial charge in [0.25, 0.3) is 0 Å². The standard InChI is InChI=1S/C16H20N4O/c1-21-15-7-3-2-5-13(15)19-9-11-20(12-10-19)14-6-4-8-18-16(14)17/h2-8H,9-12H2,1H3,(H2,17,18). The minimum Gasteiger partial charge on any atom is -0.495 e. The molecule has 0 spiro atoms. The summed E-state index contributed by atoms with van der Waals surface area (Å²) in [6.45, 7) is 3.73. The van der Waals surface area contributed by atoms with Gasteiger partial charge < -0.3 is 20.3 Å². The first kappa shape index (κ1) is 13.5. The lowest BCUT2D eigenvalue weighted by atomic mass is 10.2. The van der Waals surface area contributed by atoms with E-state index in [1.54, 1.807) is 13.3 Å². The molecule has 0 radical (unpaired) electrons. The van der Waals surface area contributed by atoms with Crippen LogP contribution in [0.2, 0.25) is 0 Å². The molecule has 1 aromatic heterocycles. The van der Waals surface area contributed by atoms with Crippen LogP contribution in [0.4, 0.5) is 17.2 Å². The van der Waals surface area contributed by atoms with Crippen LogP contribution in [0.3, 0.4) is 0 Å². The van der Waals surface area contributed by atoms with Gasteiger partial charge in [-0.2, -0.15) is 0 Å². The van der Waals surface area contributed by atoms with E-state index in [1.165, 1.54) is 0 Å². The van der Waals surface area contributed by atoms with Crippen LogP contribution < -0.4 is 20.3 Å². The van der Waals surface area contributed by atoms with Crippen LogP contribution in [0.5, 0.6) is 5.75 Å². The lowest BCUT2D eigenvalue weighted by Crippen LogP contribution is -2.46. The number of rotatable bonds is 3. The van der Waals surface area contributed by atoms with E-state index in [1.807, 2.05) is 30.3 Å². The van der Waals surface area contributed by atoms with E-state index in [0.717, 1.165) is 43.3 Å². The van der Waals surface area contributed by atoms with E-state index in [-0.39, 0.29) is 0 Å². The van der Waals surface area contributed by atoms with E-state index >= 15 is 0 Å². The van der Waals surface area contributed by atoms with Gasteiger partial charge in [0, 0.05) is 32.4 Å². The van der Waals surface area contributed by atoms with Gasteiger partial charge in [-0.3, -0.25) is 0 Å². The third-order valence-corrected chi connectivity index (χ3v) is 3.86. The molecule has 5 heteroatoms. The Kier molecular flexibility index (Phi) is 3.81. The van der Waals surface area contributed by atoms with Gasteiger partial charge >= 0.3 is 0 Å². The Bertz CT molecular complexity index is 609. The zero-order valence-corrected chi connectivity index (χ0v) is 12.2. The molecule has 0 bridgehead atoms. The normalized spacial score (nSPS) is 15.1. The Labute approximate surface area is 125 Å². The summed E-state index contributed by atoms with van der Waals surface area (Å²) in [6.07, 6.45) is 1.73. The molecule has 2 heterocycles. The highest BCUT2D eigenvalue weighted by Crippen LogP contribution is 2.29. The van der Waals surface area contributed by atoms with Gasteiger partial charge in [0.2, 0.25) is 0 Å². The zero-order valence-electron chi connectivity index (χ0n) is 12.2. The van der Waals surface area contributed by atoms with E-state index in [0.29, 0.717) is 5.82 Å². The molecule has 5 nitrogen and oxygen atoms in total. The number of para-hydroxylation sites is 2. The number of nitrogens with two attached hydrogens (primary N) is 1. The van der Waals surface area contributed by atoms with Crippen molar-refractivity contribution in [2.45, 2.75) is 0 Å². The fraction of sp³-hybridized carbons (Fsp3) is 0.312. The molecular weight excluding hydrogens is 264 g/mol. The Hall–Kier alpha value is -2.43. The molecule has 0 unspecified atom stereocenters. The summed E-state index contributed by atoms with van der Waals surface area (Å²) in [4.78, 5) is 8.80. The number of nitrogen functional groups attached to an aromatic ring is 1. The van der Waals surface area contributed by atoms with Gasteiger partial charge in [-0.15, -0.1) is 0 Å².